The highest BCUT2D eigenvalue weighted by molar-refractivity contribution is 5.86. The number of imidazole rings is 1. The van der Waals surface area contributed by atoms with Crippen molar-refractivity contribution in [1.29, 1.82) is 0 Å². The van der Waals surface area contributed by atoms with Crippen molar-refractivity contribution in [3.05, 3.63) is 60.6 Å². The van der Waals surface area contributed by atoms with Crippen molar-refractivity contribution < 1.29 is 0 Å². The molecule has 7 heteroatoms. The fourth-order valence-electron chi connectivity index (χ4n) is 3.67. The van der Waals surface area contributed by atoms with Gasteiger partial charge in [-0.3, -0.25) is 0 Å². The molecule has 3 heterocycles. The van der Waals surface area contributed by atoms with E-state index in [2.05, 4.69) is 99.6 Å². The maximum Gasteiger partial charge on any atom is 0.231 e. The van der Waals surface area contributed by atoms with E-state index in [-0.39, 0.29) is 5.54 Å². The van der Waals surface area contributed by atoms with Crippen LogP contribution in [0.15, 0.2) is 54.9 Å². The minimum Gasteiger partial charge on any atom is -0.364 e. The summed E-state index contributed by atoms with van der Waals surface area (Å²) in [5, 5.41) is 7.94. The molecule has 0 saturated carbocycles. The summed E-state index contributed by atoms with van der Waals surface area (Å²) in [6.07, 6.45) is 1.63. The van der Waals surface area contributed by atoms with Crippen molar-refractivity contribution in [2.75, 3.05) is 10.6 Å². The van der Waals surface area contributed by atoms with Gasteiger partial charge in [0.25, 0.3) is 0 Å². The standard InChI is InChI=1S/C24H25N7/c1-14-11-17-12-16(7-10-19(17)27-14)15-5-8-18(9-6-15)28-23-29-21-20(25-13-26-21)22(30-23)31-24(2,3)4/h5-13,27H,1-4H3,(H3,25,26,28,29,30,31). The number of fused-ring (bicyclic) bond motifs is 2. The third kappa shape index (κ3) is 3.94. The van der Waals surface area contributed by atoms with Crippen LogP contribution in [0.25, 0.3) is 33.2 Å². The zero-order valence-electron chi connectivity index (χ0n) is 18.0. The second-order valence-corrected chi connectivity index (χ2v) is 8.83. The molecular formula is C24H25N7. The first-order valence-electron chi connectivity index (χ1n) is 10.3. The third-order valence-electron chi connectivity index (χ3n) is 5.01. The molecule has 0 radical (unpaired) electrons. The molecule has 0 atom stereocenters. The van der Waals surface area contributed by atoms with Gasteiger partial charge in [0.2, 0.25) is 5.95 Å². The van der Waals surface area contributed by atoms with Gasteiger partial charge in [0.15, 0.2) is 11.5 Å². The molecule has 0 amide bonds. The number of hydrogen-bond acceptors (Lipinski definition) is 5. The van der Waals surface area contributed by atoms with Crippen molar-refractivity contribution >= 4 is 39.5 Å². The second-order valence-electron chi connectivity index (χ2n) is 8.83. The summed E-state index contributed by atoms with van der Waals surface area (Å²) >= 11 is 0. The number of hydrogen-bond donors (Lipinski definition) is 4. The van der Waals surface area contributed by atoms with Crippen LogP contribution in [-0.4, -0.2) is 30.5 Å². The largest absolute Gasteiger partial charge is 0.364 e. The van der Waals surface area contributed by atoms with E-state index in [4.69, 9.17) is 0 Å². The lowest BCUT2D eigenvalue weighted by atomic mass is 10.0. The molecule has 0 saturated heterocycles. The Hall–Kier alpha value is -3.87. The van der Waals surface area contributed by atoms with Crippen LogP contribution in [-0.2, 0) is 0 Å². The van der Waals surface area contributed by atoms with Crippen molar-refractivity contribution in [1.82, 2.24) is 24.9 Å². The first-order valence-corrected chi connectivity index (χ1v) is 10.3. The average Bonchev–Trinajstić information content (AvgIpc) is 3.32. The van der Waals surface area contributed by atoms with E-state index < -0.39 is 0 Å². The highest BCUT2D eigenvalue weighted by atomic mass is 15.2. The van der Waals surface area contributed by atoms with Gasteiger partial charge in [-0.25, -0.2) is 4.98 Å². The van der Waals surface area contributed by atoms with Gasteiger partial charge in [-0.2, -0.15) is 9.97 Å². The van der Waals surface area contributed by atoms with Gasteiger partial charge in [-0.1, -0.05) is 18.2 Å². The molecule has 0 aliphatic heterocycles. The molecule has 5 rings (SSSR count). The van der Waals surface area contributed by atoms with Crippen molar-refractivity contribution in [3.8, 4) is 11.1 Å². The number of H-pyrrole nitrogens is 2. The van der Waals surface area contributed by atoms with Crippen LogP contribution in [0, 0.1) is 6.92 Å². The fraction of sp³-hybridized carbons (Fsp3) is 0.208. The van der Waals surface area contributed by atoms with Crippen LogP contribution in [0.1, 0.15) is 26.5 Å². The van der Waals surface area contributed by atoms with Gasteiger partial charge in [0.1, 0.15) is 5.52 Å². The minimum absolute atomic E-state index is 0.135. The van der Waals surface area contributed by atoms with E-state index in [1.807, 2.05) is 12.1 Å². The molecule has 0 bridgehead atoms. The smallest absolute Gasteiger partial charge is 0.231 e. The Balaban J connectivity index is 1.42. The number of nitrogens with one attached hydrogen (secondary N) is 4. The summed E-state index contributed by atoms with van der Waals surface area (Å²) < 4.78 is 0. The molecule has 0 fully saturated rings. The van der Waals surface area contributed by atoms with Gasteiger partial charge in [-0.15, -0.1) is 0 Å². The molecule has 0 spiro atoms. The summed E-state index contributed by atoms with van der Waals surface area (Å²) in [6, 6.07) is 16.9. The Morgan fingerprint density at radius 1 is 0.903 bits per heavy atom. The number of aromatic amines is 2. The molecule has 31 heavy (non-hydrogen) atoms. The highest BCUT2D eigenvalue weighted by Gasteiger charge is 2.16. The molecule has 0 unspecified atom stereocenters. The lowest BCUT2D eigenvalue weighted by Crippen LogP contribution is -2.27. The van der Waals surface area contributed by atoms with Crippen molar-refractivity contribution in [3.63, 3.8) is 0 Å². The second kappa shape index (κ2) is 7.12. The van der Waals surface area contributed by atoms with Gasteiger partial charge in [0, 0.05) is 27.8 Å². The van der Waals surface area contributed by atoms with Crippen LogP contribution in [0.3, 0.4) is 0 Å². The summed E-state index contributed by atoms with van der Waals surface area (Å²) in [5.74, 6) is 1.23. The summed E-state index contributed by atoms with van der Waals surface area (Å²) in [6.45, 7) is 8.35. The summed E-state index contributed by atoms with van der Waals surface area (Å²) in [7, 11) is 0. The molecule has 7 nitrogen and oxygen atoms in total. The Morgan fingerprint density at radius 3 is 2.45 bits per heavy atom. The van der Waals surface area contributed by atoms with Gasteiger partial charge in [-0.05, 0) is 69.2 Å². The number of rotatable bonds is 4. The first-order chi connectivity index (χ1) is 14.8. The molecule has 0 aliphatic carbocycles. The highest BCUT2D eigenvalue weighted by Crippen LogP contribution is 2.28. The SMILES string of the molecule is Cc1cc2cc(-c3ccc(Nc4nc(NC(C)(C)C)c5[nH]cnc5n4)cc3)ccc2[nH]1. The molecule has 4 N–H and O–H groups in total. The quantitative estimate of drug-likeness (QED) is 0.301. The Morgan fingerprint density at radius 2 is 1.68 bits per heavy atom. The van der Waals surface area contributed by atoms with Crippen LogP contribution in [0.4, 0.5) is 17.5 Å². The first kappa shape index (κ1) is 19.1. The summed E-state index contributed by atoms with van der Waals surface area (Å²) in [4.78, 5) is 20.0. The number of nitrogens with zero attached hydrogens (tertiary/aromatic N) is 3. The predicted octanol–water partition coefficient (Wildman–Crippen LogP) is 5.76. The number of benzene rings is 2. The molecule has 5 aromatic rings. The normalized spacial score (nSPS) is 11.9. The van der Waals surface area contributed by atoms with Crippen LogP contribution in [0.2, 0.25) is 0 Å². The molecular weight excluding hydrogens is 386 g/mol. The van der Waals surface area contributed by atoms with E-state index in [1.165, 1.54) is 16.6 Å². The fourth-order valence-corrected chi connectivity index (χ4v) is 3.67. The Labute approximate surface area is 180 Å². The van der Waals surface area contributed by atoms with Gasteiger partial charge >= 0.3 is 0 Å². The lowest BCUT2D eigenvalue weighted by molar-refractivity contribution is 0.631. The van der Waals surface area contributed by atoms with Crippen LogP contribution >= 0.6 is 0 Å². The van der Waals surface area contributed by atoms with Crippen molar-refractivity contribution in [2.24, 2.45) is 0 Å². The topological polar surface area (TPSA) is 94.3 Å². The third-order valence-corrected chi connectivity index (χ3v) is 5.01. The maximum absolute atomic E-state index is 4.66. The van der Waals surface area contributed by atoms with Gasteiger partial charge < -0.3 is 20.6 Å². The number of anilines is 3. The lowest BCUT2D eigenvalue weighted by Gasteiger charge is -2.21. The van der Waals surface area contributed by atoms with E-state index in [0.717, 1.165) is 28.1 Å². The average molecular weight is 412 g/mol. The zero-order valence-corrected chi connectivity index (χ0v) is 18.0. The molecule has 0 aliphatic rings. The monoisotopic (exact) mass is 411 g/mol. The number of aryl methyl sites for hydroxylation is 1. The Kier molecular flexibility index (Phi) is 4.39. The molecule has 2 aromatic carbocycles. The van der Waals surface area contributed by atoms with E-state index in [0.29, 0.717) is 11.6 Å². The minimum atomic E-state index is -0.135. The van der Waals surface area contributed by atoms with Crippen LogP contribution in [0.5, 0.6) is 0 Å². The van der Waals surface area contributed by atoms with E-state index in [1.54, 1.807) is 6.33 Å². The van der Waals surface area contributed by atoms with E-state index >= 15 is 0 Å². The van der Waals surface area contributed by atoms with Gasteiger partial charge in [0.05, 0.1) is 6.33 Å². The van der Waals surface area contributed by atoms with Crippen molar-refractivity contribution in [2.45, 2.75) is 33.2 Å². The number of aromatic nitrogens is 5. The van der Waals surface area contributed by atoms with E-state index in [9.17, 15) is 0 Å². The Bertz CT molecular complexity index is 1370. The molecule has 156 valence electrons. The maximum atomic E-state index is 4.66. The zero-order chi connectivity index (χ0) is 21.6. The van der Waals surface area contributed by atoms with Crippen LogP contribution < -0.4 is 10.6 Å². The molecule has 3 aromatic heterocycles. The summed E-state index contributed by atoms with van der Waals surface area (Å²) in [5.41, 5.74) is 6.87. The predicted molar refractivity (Wildman–Crippen MR) is 127 cm³/mol.